The van der Waals surface area contributed by atoms with E-state index in [4.69, 9.17) is 4.74 Å². The molecule has 30 heavy (non-hydrogen) atoms. The van der Waals surface area contributed by atoms with E-state index in [-0.39, 0.29) is 11.5 Å². The Hall–Kier alpha value is -2.32. The van der Waals surface area contributed by atoms with Gasteiger partial charge in [-0.2, -0.15) is 0 Å². The van der Waals surface area contributed by atoms with Crippen molar-refractivity contribution in [2.24, 2.45) is 0 Å². The zero-order valence-corrected chi connectivity index (χ0v) is 18.6. The summed E-state index contributed by atoms with van der Waals surface area (Å²) >= 11 is 3.11. The highest BCUT2D eigenvalue weighted by molar-refractivity contribution is 7.99. The van der Waals surface area contributed by atoms with Gasteiger partial charge in [0.1, 0.15) is 16.4 Å². The molecule has 3 aromatic rings. The van der Waals surface area contributed by atoms with Gasteiger partial charge < -0.3 is 15.0 Å². The summed E-state index contributed by atoms with van der Waals surface area (Å²) in [6, 6.07) is 7.81. The number of aromatic amines is 1. The SMILES string of the molecule is COc1ccccc1CCNC(=O)CSCc1nc2sc3c(c2c(=O)[nH]1)CCCC3. The van der Waals surface area contributed by atoms with Crippen molar-refractivity contribution >= 4 is 39.2 Å². The third-order valence-electron chi connectivity index (χ3n) is 5.26. The van der Waals surface area contributed by atoms with Gasteiger partial charge in [-0.05, 0) is 49.3 Å². The van der Waals surface area contributed by atoms with Gasteiger partial charge in [0.15, 0.2) is 0 Å². The van der Waals surface area contributed by atoms with Crippen LogP contribution in [0, 0.1) is 0 Å². The normalized spacial score (nSPS) is 13.2. The van der Waals surface area contributed by atoms with Crippen LogP contribution in [0.25, 0.3) is 10.2 Å². The van der Waals surface area contributed by atoms with Crippen molar-refractivity contribution in [3.63, 3.8) is 0 Å². The van der Waals surface area contributed by atoms with Gasteiger partial charge in [-0.15, -0.1) is 23.1 Å². The highest BCUT2D eigenvalue weighted by Crippen LogP contribution is 2.33. The van der Waals surface area contributed by atoms with Gasteiger partial charge in [-0.3, -0.25) is 9.59 Å². The summed E-state index contributed by atoms with van der Waals surface area (Å²) in [7, 11) is 1.65. The average Bonchev–Trinajstić information content (AvgIpc) is 3.13. The molecule has 0 saturated heterocycles. The molecule has 0 aliphatic heterocycles. The molecule has 1 amide bonds. The predicted octanol–water partition coefficient (Wildman–Crippen LogP) is 3.46. The number of benzene rings is 1. The minimum atomic E-state index is -0.0451. The minimum absolute atomic E-state index is 0.0232. The van der Waals surface area contributed by atoms with Crippen LogP contribution in [0.2, 0.25) is 0 Å². The number of H-pyrrole nitrogens is 1. The maximum atomic E-state index is 12.6. The van der Waals surface area contributed by atoms with Crippen molar-refractivity contribution in [2.45, 2.75) is 37.9 Å². The first-order valence-electron chi connectivity index (χ1n) is 10.2. The number of rotatable bonds is 8. The summed E-state index contributed by atoms with van der Waals surface area (Å²) in [5, 5.41) is 3.71. The van der Waals surface area contributed by atoms with Crippen LogP contribution in [0.15, 0.2) is 29.1 Å². The van der Waals surface area contributed by atoms with Crippen LogP contribution in [0.3, 0.4) is 0 Å². The fourth-order valence-corrected chi connectivity index (χ4v) is 5.81. The van der Waals surface area contributed by atoms with Crippen LogP contribution >= 0.6 is 23.1 Å². The molecule has 2 heterocycles. The Morgan fingerprint density at radius 3 is 3.00 bits per heavy atom. The van der Waals surface area contributed by atoms with Crippen LogP contribution in [0.4, 0.5) is 0 Å². The Kier molecular flexibility index (Phi) is 6.74. The van der Waals surface area contributed by atoms with E-state index in [9.17, 15) is 9.59 Å². The number of hydrogen-bond acceptors (Lipinski definition) is 6. The van der Waals surface area contributed by atoms with Crippen LogP contribution < -0.4 is 15.6 Å². The summed E-state index contributed by atoms with van der Waals surface area (Å²) < 4.78 is 5.33. The van der Waals surface area contributed by atoms with Crippen molar-refractivity contribution in [1.29, 1.82) is 0 Å². The molecule has 4 rings (SSSR count). The summed E-state index contributed by atoms with van der Waals surface area (Å²) in [6.07, 6.45) is 5.07. The first kappa shape index (κ1) is 20.9. The van der Waals surface area contributed by atoms with Gasteiger partial charge in [-0.25, -0.2) is 4.98 Å². The first-order valence-corrected chi connectivity index (χ1v) is 12.1. The van der Waals surface area contributed by atoms with Crippen LogP contribution in [-0.4, -0.2) is 35.3 Å². The second-order valence-electron chi connectivity index (χ2n) is 7.31. The van der Waals surface area contributed by atoms with Gasteiger partial charge in [0.25, 0.3) is 5.56 Å². The van der Waals surface area contributed by atoms with Crippen LogP contribution in [-0.2, 0) is 29.8 Å². The van der Waals surface area contributed by atoms with Gasteiger partial charge in [0.2, 0.25) is 5.91 Å². The van der Waals surface area contributed by atoms with E-state index < -0.39 is 0 Å². The molecule has 0 saturated carbocycles. The fraction of sp³-hybridized carbons (Fsp3) is 0.409. The monoisotopic (exact) mass is 443 g/mol. The number of para-hydroxylation sites is 1. The van der Waals surface area contributed by atoms with Crippen molar-refractivity contribution < 1.29 is 9.53 Å². The summed E-state index contributed by atoms with van der Waals surface area (Å²) in [6.45, 7) is 0.557. The van der Waals surface area contributed by atoms with Crippen molar-refractivity contribution in [3.05, 3.63) is 56.4 Å². The number of hydrogen-bond donors (Lipinski definition) is 2. The van der Waals surface area contributed by atoms with E-state index in [2.05, 4.69) is 15.3 Å². The number of methoxy groups -OCH3 is 1. The van der Waals surface area contributed by atoms with Gasteiger partial charge in [0, 0.05) is 11.4 Å². The number of aromatic nitrogens is 2. The fourth-order valence-electron chi connectivity index (χ4n) is 3.81. The quantitative estimate of drug-likeness (QED) is 0.557. The number of ether oxygens (including phenoxy) is 1. The van der Waals surface area contributed by atoms with Crippen LogP contribution in [0.1, 0.15) is 34.7 Å². The number of nitrogens with one attached hydrogen (secondary N) is 2. The Bertz CT molecular complexity index is 1110. The number of fused-ring (bicyclic) bond motifs is 3. The van der Waals surface area contributed by atoms with E-state index >= 15 is 0 Å². The highest BCUT2D eigenvalue weighted by Gasteiger charge is 2.19. The lowest BCUT2D eigenvalue weighted by molar-refractivity contribution is -0.118. The number of amides is 1. The van der Waals surface area contributed by atoms with E-state index in [0.29, 0.717) is 23.9 Å². The summed E-state index contributed by atoms with van der Waals surface area (Å²) in [5.74, 6) is 2.28. The van der Waals surface area contributed by atoms with E-state index in [1.54, 1.807) is 18.4 Å². The van der Waals surface area contributed by atoms with Crippen molar-refractivity contribution in [2.75, 3.05) is 19.4 Å². The molecule has 0 spiro atoms. The molecule has 0 unspecified atom stereocenters. The second-order valence-corrected chi connectivity index (χ2v) is 9.38. The van der Waals surface area contributed by atoms with E-state index in [1.165, 1.54) is 28.6 Å². The highest BCUT2D eigenvalue weighted by atomic mass is 32.2. The molecular formula is C22H25N3O3S2. The molecule has 0 bridgehead atoms. The molecule has 1 aliphatic rings. The molecule has 0 fully saturated rings. The molecule has 158 valence electrons. The summed E-state index contributed by atoms with van der Waals surface area (Å²) in [5.41, 5.74) is 2.22. The molecule has 2 N–H and O–H groups in total. The predicted molar refractivity (Wildman–Crippen MR) is 123 cm³/mol. The number of carbonyl (C=O) groups excluding carboxylic acids is 1. The maximum Gasteiger partial charge on any atom is 0.259 e. The number of thioether (sulfide) groups is 1. The van der Waals surface area contributed by atoms with Crippen LogP contribution in [0.5, 0.6) is 5.75 Å². The summed E-state index contributed by atoms with van der Waals surface area (Å²) in [4.78, 5) is 34.4. The zero-order chi connectivity index (χ0) is 20.9. The Morgan fingerprint density at radius 1 is 1.30 bits per heavy atom. The lowest BCUT2D eigenvalue weighted by Gasteiger charge is -2.09. The maximum absolute atomic E-state index is 12.6. The Balaban J connectivity index is 1.28. The number of aryl methyl sites for hydroxylation is 2. The largest absolute Gasteiger partial charge is 0.496 e. The Labute approximate surface area is 183 Å². The standard InChI is InChI=1S/C22H25N3O3S2/c1-28-16-8-4-2-6-14(16)10-11-23-19(26)13-29-12-18-24-21(27)20-15-7-3-5-9-17(15)30-22(20)25-18/h2,4,6,8H,3,5,7,9-13H2,1H3,(H,23,26)(H,24,25,27). The average molecular weight is 444 g/mol. The number of nitrogens with zero attached hydrogens (tertiary/aromatic N) is 1. The second kappa shape index (κ2) is 9.66. The third-order valence-corrected chi connectivity index (χ3v) is 7.38. The molecule has 1 aromatic carbocycles. The van der Waals surface area contributed by atoms with Gasteiger partial charge >= 0.3 is 0 Å². The third kappa shape index (κ3) is 4.70. The van der Waals surface area contributed by atoms with E-state index in [1.807, 2.05) is 24.3 Å². The molecule has 6 nitrogen and oxygen atoms in total. The number of carbonyl (C=O) groups is 1. The molecule has 0 atom stereocenters. The Morgan fingerprint density at radius 2 is 2.13 bits per heavy atom. The first-order chi connectivity index (χ1) is 14.7. The van der Waals surface area contributed by atoms with Gasteiger partial charge in [-0.1, -0.05) is 18.2 Å². The van der Waals surface area contributed by atoms with Crippen molar-refractivity contribution in [1.82, 2.24) is 15.3 Å². The van der Waals surface area contributed by atoms with Gasteiger partial charge in [0.05, 0.1) is 24.0 Å². The molecule has 2 aromatic heterocycles. The molecule has 0 radical (unpaired) electrons. The molecular weight excluding hydrogens is 418 g/mol. The lowest BCUT2D eigenvalue weighted by Crippen LogP contribution is -2.27. The van der Waals surface area contributed by atoms with E-state index in [0.717, 1.165) is 47.2 Å². The molecule has 8 heteroatoms. The smallest absolute Gasteiger partial charge is 0.259 e. The number of thiophene rings is 1. The lowest BCUT2D eigenvalue weighted by atomic mass is 9.97. The van der Waals surface area contributed by atoms with Crippen molar-refractivity contribution in [3.8, 4) is 5.75 Å². The topological polar surface area (TPSA) is 84.1 Å². The minimum Gasteiger partial charge on any atom is -0.496 e. The molecule has 1 aliphatic carbocycles. The zero-order valence-electron chi connectivity index (χ0n) is 17.0.